The number of aromatic nitrogens is 4. The van der Waals surface area contributed by atoms with Gasteiger partial charge in [-0.1, -0.05) is 0 Å². The molecule has 0 aliphatic rings. The van der Waals surface area contributed by atoms with Crippen molar-refractivity contribution in [2.45, 2.75) is 26.5 Å². The zero-order chi connectivity index (χ0) is 13.1. The number of rotatable bonds is 4. The van der Waals surface area contributed by atoms with Crippen LogP contribution in [0.4, 0.5) is 0 Å². The van der Waals surface area contributed by atoms with Crippen molar-refractivity contribution in [3.8, 4) is 5.75 Å². The molecule has 1 atom stereocenters. The van der Waals surface area contributed by atoms with Crippen molar-refractivity contribution in [3.05, 3.63) is 35.7 Å². The van der Waals surface area contributed by atoms with Gasteiger partial charge in [0.05, 0.1) is 30.9 Å². The molecule has 0 bridgehead atoms. The average Bonchev–Trinajstić information content (AvgIpc) is 2.81. The number of ether oxygens (including phenoxy) is 1. The lowest BCUT2D eigenvalue weighted by Gasteiger charge is -2.13. The van der Waals surface area contributed by atoms with E-state index in [9.17, 15) is 5.11 Å². The molecule has 6 heteroatoms. The molecule has 0 aromatic carbocycles. The molecule has 0 radical (unpaired) electrons. The third-order valence-corrected chi connectivity index (χ3v) is 2.70. The minimum absolute atomic E-state index is 0.481. The Balaban J connectivity index is 2.41. The third-order valence-electron chi connectivity index (χ3n) is 2.70. The molecule has 0 aliphatic carbocycles. The predicted molar refractivity (Wildman–Crippen MR) is 65.3 cm³/mol. The van der Waals surface area contributed by atoms with E-state index in [1.807, 2.05) is 13.8 Å². The van der Waals surface area contributed by atoms with Crippen molar-refractivity contribution >= 4 is 0 Å². The lowest BCUT2D eigenvalue weighted by atomic mass is 10.2. The Labute approximate surface area is 105 Å². The summed E-state index contributed by atoms with van der Waals surface area (Å²) >= 11 is 0. The van der Waals surface area contributed by atoms with Crippen LogP contribution in [0, 0.1) is 6.92 Å². The van der Waals surface area contributed by atoms with E-state index in [0.29, 0.717) is 23.7 Å². The van der Waals surface area contributed by atoms with Crippen molar-refractivity contribution in [3.63, 3.8) is 0 Å². The first kappa shape index (κ1) is 12.5. The van der Waals surface area contributed by atoms with Crippen LogP contribution in [0.5, 0.6) is 5.75 Å². The lowest BCUT2D eigenvalue weighted by molar-refractivity contribution is 0.197. The molecule has 2 rings (SSSR count). The van der Waals surface area contributed by atoms with Gasteiger partial charge in [0.15, 0.2) is 5.75 Å². The molecule has 2 aromatic rings. The first-order valence-electron chi connectivity index (χ1n) is 5.73. The Kier molecular flexibility index (Phi) is 3.57. The largest absolute Gasteiger partial charge is 0.493 e. The van der Waals surface area contributed by atoms with Crippen LogP contribution in [0.15, 0.2) is 18.6 Å². The lowest BCUT2D eigenvalue weighted by Crippen LogP contribution is -2.11. The van der Waals surface area contributed by atoms with Crippen LogP contribution in [0.3, 0.4) is 0 Å². The van der Waals surface area contributed by atoms with Gasteiger partial charge in [-0.25, -0.2) is 0 Å². The van der Waals surface area contributed by atoms with Gasteiger partial charge in [0.1, 0.15) is 11.8 Å². The summed E-state index contributed by atoms with van der Waals surface area (Å²) in [5.74, 6) is 0.548. The third kappa shape index (κ3) is 2.19. The molecule has 0 fully saturated rings. The average molecular weight is 248 g/mol. The smallest absolute Gasteiger partial charge is 0.163 e. The summed E-state index contributed by atoms with van der Waals surface area (Å²) in [6, 6.07) is 0. The molecular formula is C12H16N4O2. The molecule has 6 nitrogen and oxygen atoms in total. The fourth-order valence-corrected chi connectivity index (χ4v) is 1.75. The first-order valence-corrected chi connectivity index (χ1v) is 5.73. The van der Waals surface area contributed by atoms with Gasteiger partial charge < -0.3 is 9.84 Å². The Morgan fingerprint density at radius 2 is 2.11 bits per heavy atom. The molecular weight excluding hydrogens is 232 g/mol. The molecule has 0 saturated heterocycles. The summed E-state index contributed by atoms with van der Waals surface area (Å²) in [5, 5.41) is 14.5. The maximum absolute atomic E-state index is 10.4. The highest BCUT2D eigenvalue weighted by Gasteiger charge is 2.22. The summed E-state index contributed by atoms with van der Waals surface area (Å²) in [6.07, 6.45) is 3.88. The van der Waals surface area contributed by atoms with Crippen LogP contribution in [0.1, 0.15) is 30.1 Å². The number of methoxy groups -OCH3 is 1. The van der Waals surface area contributed by atoms with Gasteiger partial charge in [-0.15, -0.1) is 0 Å². The Bertz CT molecular complexity index is 500. The second-order valence-corrected chi connectivity index (χ2v) is 3.90. The minimum atomic E-state index is -0.893. The summed E-state index contributed by atoms with van der Waals surface area (Å²) in [7, 11) is 1.55. The SMILES string of the molecule is CCn1ncc(OC)c1C(O)c1cnc(C)cn1. The van der Waals surface area contributed by atoms with Crippen molar-refractivity contribution < 1.29 is 9.84 Å². The van der Waals surface area contributed by atoms with Gasteiger partial charge >= 0.3 is 0 Å². The van der Waals surface area contributed by atoms with Gasteiger partial charge in [-0.3, -0.25) is 14.6 Å². The molecule has 1 N–H and O–H groups in total. The van der Waals surface area contributed by atoms with Crippen LogP contribution < -0.4 is 4.74 Å². The van der Waals surface area contributed by atoms with E-state index in [1.54, 1.807) is 30.4 Å². The maximum Gasteiger partial charge on any atom is 0.163 e. The first-order chi connectivity index (χ1) is 8.67. The van der Waals surface area contributed by atoms with Gasteiger partial charge in [-0.2, -0.15) is 5.10 Å². The van der Waals surface area contributed by atoms with Crippen LogP contribution in [-0.2, 0) is 6.54 Å². The summed E-state index contributed by atoms with van der Waals surface area (Å²) < 4.78 is 6.89. The molecule has 2 aromatic heterocycles. The fraction of sp³-hybridized carbons (Fsp3) is 0.417. The van der Waals surface area contributed by atoms with Gasteiger partial charge in [0, 0.05) is 12.7 Å². The van der Waals surface area contributed by atoms with E-state index < -0.39 is 6.10 Å². The molecule has 0 saturated carbocycles. The van der Waals surface area contributed by atoms with Crippen molar-refractivity contribution in [1.29, 1.82) is 0 Å². The standard InChI is InChI=1S/C12H16N4O2/c1-4-16-11(10(18-3)7-15-16)12(17)9-6-13-8(2)5-14-9/h5-7,12,17H,4H2,1-3H3. The zero-order valence-corrected chi connectivity index (χ0v) is 10.7. The van der Waals surface area contributed by atoms with E-state index in [4.69, 9.17) is 4.74 Å². The van der Waals surface area contributed by atoms with Crippen LogP contribution in [0.2, 0.25) is 0 Å². The number of hydrogen-bond acceptors (Lipinski definition) is 5. The van der Waals surface area contributed by atoms with Crippen molar-refractivity contribution in [2.24, 2.45) is 0 Å². The number of aryl methyl sites for hydroxylation is 2. The van der Waals surface area contributed by atoms with Crippen molar-refractivity contribution in [2.75, 3.05) is 7.11 Å². The summed E-state index contributed by atoms with van der Waals surface area (Å²) in [5.41, 5.74) is 1.88. The highest BCUT2D eigenvalue weighted by molar-refractivity contribution is 5.31. The molecule has 96 valence electrons. The zero-order valence-electron chi connectivity index (χ0n) is 10.7. The predicted octanol–water partition coefficient (Wildman–Crippen LogP) is 1.09. The molecule has 2 heterocycles. The quantitative estimate of drug-likeness (QED) is 0.876. The summed E-state index contributed by atoms with van der Waals surface area (Å²) in [4.78, 5) is 8.30. The van der Waals surface area contributed by atoms with Crippen LogP contribution in [-0.4, -0.2) is 32.0 Å². The second kappa shape index (κ2) is 5.14. The van der Waals surface area contributed by atoms with Gasteiger partial charge in [-0.05, 0) is 13.8 Å². The molecule has 0 aliphatic heterocycles. The molecule has 18 heavy (non-hydrogen) atoms. The second-order valence-electron chi connectivity index (χ2n) is 3.90. The van der Waals surface area contributed by atoms with E-state index in [0.717, 1.165) is 5.69 Å². The number of hydrogen-bond donors (Lipinski definition) is 1. The molecule has 0 amide bonds. The monoisotopic (exact) mass is 248 g/mol. The van der Waals surface area contributed by atoms with E-state index in [-0.39, 0.29) is 0 Å². The minimum Gasteiger partial charge on any atom is -0.493 e. The Morgan fingerprint density at radius 1 is 1.33 bits per heavy atom. The Morgan fingerprint density at radius 3 is 2.67 bits per heavy atom. The van der Waals surface area contributed by atoms with E-state index in [2.05, 4.69) is 15.1 Å². The highest BCUT2D eigenvalue weighted by Crippen LogP contribution is 2.28. The number of nitrogens with zero attached hydrogens (tertiary/aromatic N) is 4. The van der Waals surface area contributed by atoms with Gasteiger partial charge in [0.25, 0.3) is 0 Å². The number of aliphatic hydroxyl groups is 1. The normalized spacial score (nSPS) is 12.4. The number of aliphatic hydroxyl groups excluding tert-OH is 1. The fourth-order valence-electron chi connectivity index (χ4n) is 1.75. The van der Waals surface area contributed by atoms with Crippen LogP contribution >= 0.6 is 0 Å². The van der Waals surface area contributed by atoms with E-state index >= 15 is 0 Å². The Hall–Kier alpha value is -1.95. The maximum atomic E-state index is 10.4. The highest BCUT2D eigenvalue weighted by atomic mass is 16.5. The topological polar surface area (TPSA) is 73.1 Å². The van der Waals surface area contributed by atoms with Crippen LogP contribution in [0.25, 0.3) is 0 Å². The van der Waals surface area contributed by atoms with Gasteiger partial charge in [0.2, 0.25) is 0 Å². The van der Waals surface area contributed by atoms with Crippen molar-refractivity contribution in [1.82, 2.24) is 19.7 Å². The summed E-state index contributed by atoms with van der Waals surface area (Å²) in [6.45, 7) is 4.44. The molecule has 1 unspecified atom stereocenters. The van der Waals surface area contributed by atoms with E-state index in [1.165, 1.54) is 0 Å². The molecule has 0 spiro atoms.